The van der Waals surface area contributed by atoms with E-state index in [4.69, 9.17) is 19.3 Å². The molecule has 0 bridgehead atoms. The number of rotatable bonds is 33. The fourth-order valence-electron chi connectivity index (χ4n) is 6.04. The molecule has 11 nitrogen and oxygen atoms in total. The van der Waals surface area contributed by atoms with Crippen molar-refractivity contribution in [2.45, 2.75) is 154 Å². The van der Waals surface area contributed by atoms with Gasteiger partial charge in [-0.05, 0) is 70.6 Å². The number of unbranched alkanes of at least 4 members (excludes halogenated alkanes) is 6. The molecule has 1 aliphatic carbocycles. The molecule has 57 heavy (non-hydrogen) atoms. The number of carbonyl (C=O) groups excluding carboxylic acids is 3. The van der Waals surface area contributed by atoms with E-state index in [1.54, 1.807) is 12.2 Å². The minimum atomic E-state index is -4.85. The number of hydrogen-bond acceptors (Lipinski definition) is 9. The van der Waals surface area contributed by atoms with Crippen LogP contribution in [0.1, 0.15) is 136 Å². The van der Waals surface area contributed by atoms with E-state index in [1.807, 2.05) is 24.3 Å². The quantitative estimate of drug-likeness (QED) is 0.0215. The van der Waals surface area contributed by atoms with Crippen molar-refractivity contribution in [1.29, 1.82) is 0 Å². The van der Waals surface area contributed by atoms with Crippen LogP contribution < -0.4 is 0 Å². The number of Topliss-reactive ketones (excluding diaryl/α,β-unsaturated/α-hetero) is 1. The van der Waals surface area contributed by atoms with Crippen LogP contribution in [-0.4, -0.2) is 69.2 Å². The second kappa shape index (κ2) is 33.8. The third-order valence-corrected chi connectivity index (χ3v) is 9.76. The van der Waals surface area contributed by atoms with Crippen molar-refractivity contribution in [1.82, 2.24) is 0 Å². The molecule has 1 fully saturated rings. The Kier molecular flexibility index (Phi) is 30.7. The van der Waals surface area contributed by atoms with Gasteiger partial charge in [0.05, 0.1) is 18.8 Å². The number of phosphoric acid groups is 1. The summed E-state index contributed by atoms with van der Waals surface area (Å²) in [6.07, 6.45) is 39.7. The zero-order chi connectivity index (χ0) is 42.0. The van der Waals surface area contributed by atoms with Gasteiger partial charge in [0, 0.05) is 31.1 Å². The molecule has 0 aliphatic heterocycles. The van der Waals surface area contributed by atoms with Gasteiger partial charge in [0.15, 0.2) is 6.10 Å². The zero-order valence-corrected chi connectivity index (χ0v) is 35.3. The Bertz CT molecular complexity index is 1360. The van der Waals surface area contributed by atoms with Gasteiger partial charge in [0.25, 0.3) is 0 Å². The van der Waals surface area contributed by atoms with Crippen LogP contribution in [-0.2, 0) is 32.9 Å². The summed E-state index contributed by atoms with van der Waals surface area (Å²) in [6.45, 7) is 3.25. The Morgan fingerprint density at radius 3 is 1.91 bits per heavy atom. The van der Waals surface area contributed by atoms with Gasteiger partial charge >= 0.3 is 19.8 Å². The van der Waals surface area contributed by atoms with Gasteiger partial charge in [-0.15, -0.1) is 0 Å². The average molecular weight is 819 g/mol. The molecule has 12 heteroatoms. The smallest absolute Gasteiger partial charge is 0.462 e. The van der Waals surface area contributed by atoms with Gasteiger partial charge < -0.3 is 29.5 Å². The average Bonchev–Trinajstić information content (AvgIpc) is 3.44. The largest absolute Gasteiger partial charge is 0.469 e. The first-order valence-electron chi connectivity index (χ1n) is 21.0. The number of hydrogen-bond donors (Lipinski definition) is 4. The monoisotopic (exact) mass is 818 g/mol. The lowest BCUT2D eigenvalue weighted by Gasteiger charge is -2.18. The molecule has 322 valence electrons. The van der Waals surface area contributed by atoms with E-state index in [0.717, 1.165) is 51.4 Å². The van der Waals surface area contributed by atoms with Crippen molar-refractivity contribution in [2.24, 2.45) is 11.8 Å². The third-order valence-electron chi connectivity index (χ3n) is 9.28. The Morgan fingerprint density at radius 2 is 1.30 bits per heavy atom. The highest BCUT2D eigenvalue weighted by Crippen LogP contribution is 2.36. The van der Waals surface area contributed by atoms with Gasteiger partial charge in [-0.2, -0.15) is 0 Å². The van der Waals surface area contributed by atoms with Crippen molar-refractivity contribution in [3.63, 3.8) is 0 Å². The van der Waals surface area contributed by atoms with Gasteiger partial charge in [-0.3, -0.25) is 18.9 Å². The van der Waals surface area contributed by atoms with Gasteiger partial charge in [-0.25, -0.2) is 4.57 Å². The number of aliphatic hydroxyl groups is 2. The Hall–Kier alpha value is -3.18. The Labute approximate surface area is 342 Å². The van der Waals surface area contributed by atoms with Crippen molar-refractivity contribution in [3.8, 4) is 0 Å². The molecule has 0 aromatic carbocycles. The van der Waals surface area contributed by atoms with Crippen molar-refractivity contribution in [2.75, 3.05) is 13.2 Å². The van der Waals surface area contributed by atoms with Gasteiger partial charge in [0.2, 0.25) is 0 Å². The molecule has 1 aliphatic rings. The number of allylic oxidation sites excluding steroid dienone is 13. The molecule has 5 atom stereocenters. The van der Waals surface area contributed by atoms with E-state index >= 15 is 0 Å². The lowest BCUT2D eigenvalue weighted by molar-refractivity contribution is -0.161. The van der Waals surface area contributed by atoms with E-state index in [1.165, 1.54) is 19.3 Å². The van der Waals surface area contributed by atoms with Crippen molar-refractivity contribution >= 4 is 25.5 Å². The summed E-state index contributed by atoms with van der Waals surface area (Å²) in [5.41, 5.74) is 0. The lowest BCUT2D eigenvalue weighted by atomic mass is 9.90. The molecule has 1 rings (SSSR count). The predicted molar refractivity (Wildman–Crippen MR) is 226 cm³/mol. The molecule has 0 heterocycles. The second-order valence-corrected chi connectivity index (χ2v) is 15.6. The minimum absolute atomic E-state index is 0.000748. The molecular formula is C45H71O11P. The maximum atomic E-state index is 12.5. The van der Waals surface area contributed by atoms with Crippen LogP contribution in [0.4, 0.5) is 0 Å². The maximum Gasteiger partial charge on any atom is 0.469 e. The van der Waals surface area contributed by atoms with E-state index < -0.39 is 57.2 Å². The van der Waals surface area contributed by atoms with Gasteiger partial charge in [-0.1, -0.05) is 131 Å². The number of phosphoric ester groups is 1. The number of ether oxygens (including phenoxy) is 2. The summed E-state index contributed by atoms with van der Waals surface area (Å²) in [4.78, 5) is 55.5. The number of carbonyl (C=O) groups is 3. The zero-order valence-electron chi connectivity index (χ0n) is 34.4. The minimum Gasteiger partial charge on any atom is -0.462 e. The van der Waals surface area contributed by atoms with Crippen LogP contribution in [0.3, 0.4) is 0 Å². The first-order chi connectivity index (χ1) is 27.5. The van der Waals surface area contributed by atoms with E-state index in [2.05, 4.69) is 67.0 Å². The fraction of sp³-hybridized carbons (Fsp3) is 0.622. The molecule has 0 amide bonds. The molecule has 1 saturated carbocycles. The van der Waals surface area contributed by atoms with Crippen LogP contribution in [0.2, 0.25) is 0 Å². The molecule has 0 radical (unpaired) electrons. The van der Waals surface area contributed by atoms with E-state index in [0.29, 0.717) is 32.1 Å². The van der Waals surface area contributed by atoms with E-state index in [9.17, 15) is 29.2 Å². The summed E-state index contributed by atoms with van der Waals surface area (Å²) in [7, 11) is -4.85. The highest BCUT2D eigenvalue weighted by Gasteiger charge is 2.39. The molecule has 0 aromatic rings. The van der Waals surface area contributed by atoms with Crippen LogP contribution in [0.15, 0.2) is 85.1 Å². The Morgan fingerprint density at radius 1 is 0.737 bits per heavy atom. The molecule has 0 saturated heterocycles. The first-order valence-corrected chi connectivity index (χ1v) is 22.5. The lowest BCUT2D eigenvalue weighted by Crippen LogP contribution is -2.29. The van der Waals surface area contributed by atoms with Crippen LogP contribution >= 0.6 is 7.82 Å². The van der Waals surface area contributed by atoms with E-state index in [-0.39, 0.29) is 31.0 Å². The first kappa shape index (κ1) is 51.8. The van der Waals surface area contributed by atoms with Crippen LogP contribution in [0.5, 0.6) is 0 Å². The highest BCUT2D eigenvalue weighted by atomic mass is 31.2. The number of esters is 2. The Balaban J connectivity index is 2.35. The predicted octanol–water partition coefficient (Wildman–Crippen LogP) is 9.43. The fourth-order valence-corrected chi connectivity index (χ4v) is 6.40. The molecule has 0 aromatic heterocycles. The topological polar surface area (TPSA) is 177 Å². The standard InChI is InChI=1S/C45H71O11P/c1-3-5-7-8-9-10-11-12-13-14-15-16-17-18-19-20-21-22-27-31-44(49)54-36-39(37-55-57(51,52)53)56-45(50)32-28-24-23-26-30-40-41(43(48)35-42(40)47)34-33-38(46)29-25-6-4-2/h9-10,12-13,15-16,18-19,21-23,26,33-34,38-42,46-47H,3-8,11,14,17,20,24-25,27-32,35-37H2,1-2H3,(H2,51,52,53)/b10-9-,13-12-,16-15-,19-18-,22-21-,26-23-,34-33+/t38-,39+,40+,41+,42-/m0/s1. The SMILES string of the molecule is CCCCC/C=C\C/C=C\C/C=C\C/C=C\C/C=C\CCC(=O)OC[C@H](COP(=O)(O)O)OC(=O)CCC/C=C\C[C@H]1[C@@H](O)CC(=O)[C@@H]1/C=C/[C@@H](O)CCCCC. The molecule has 4 N–H and O–H groups in total. The van der Waals surface area contributed by atoms with Crippen LogP contribution in [0, 0.1) is 11.8 Å². The molecule has 0 unspecified atom stereocenters. The second-order valence-electron chi connectivity index (χ2n) is 14.4. The van der Waals surface area contributed by atoms with Crippen LogP contribution in [0.25, 0.3) is 0 Å². The highest BCUT2D eigenvalue weighted by molar-refractivity contribution is 7.46. The summed E-state index contributed by atoms with van der Waals surface area (Å²) < 4.78 is 26.3. The number of aliphatic hydroxyl groups excluding tert-OH is 2. The number of ketones is 1. The maximum absolute atomic E-state index is 12.5. The van der Waals surface area contributed by atoms with Gasteiger partial charge in [0.1, 0.15) is 12.4 Å². The third kappa shape index (κ3) is 29.7. The molecule has 0 spiro atoms. The summed E-state index contributed by atoms with van der Waals surface area (Å²) >= 11 is 0. The summed E-state index contributed by atoms with van der Waals surface area (Å²) in [5, 5.41) is 20.6. The molecular weight excluding hydrogens is 747 g/mol. The summed E-state index contributed by atoms with van der Waals surface area (Å²) in [6, 6.07) is 0. The normalized spacial score (nSPS) is 19.2. The van der Waals surface area contributed by atoms with Crippen molar-refractivity contribution in [3.05, 3.63) is 85.1 Å². The summed E-state index contributed by atoms with van der Waals surface area (Å²) in [5.74, 6) is -1.98. The van der Waals surface area contributed by atoms with Crippen molar-refractivity contribution < 1.29 is 52.9 Å².